The molecule has 0 atom stereocenters. The zero-order valence-corrected chi connectivity index (χ0v) is 10.3. The molecule has 0 N–H and O–H groups in total. The number of nitroso groups, excluding NO2 is 1. The predicted molar refractivity (Wildman–Crippen MR) is 67.7 cm³/mol. The summed E-state index contributed by atoms with van der Waals surface area (Å²) in [6, 6.07) is 7.53. The van der Waals surface area contributed by atoms with Gasteiger partial charge in [-0.25, -0.2) is 4.63 Å². The Kier molecular flexibility index (Phi) is 2.93. The lowest BCUT2D eigenvalue weighted by molar-refractivity contribution is -0.137. The topological polar surface area (TPSA) is 68.3 Å². The molecule has 3 aromatic rings. The maximum absolute atomic E-state index is 12.5. The van der Waals surface area contributed by atoms with Gasteiger partial charge in [0.2, 0.25) is 0 Å². The third-order valence-corrected chi connectivity index (χ3v) is 3.02. The molecule has 0 bridgehead atoms. The van der Waals surface area contributed by atoms with Gasteiger partial charge in [0.25, 0.3) is 0 Å². The molecule has 0 fully saturated rings. The molecule has 5 nitrogen and oxygen atoms in total. The summed E-state index contributed by atoms with van der Waals surface area (Å²) >= 11 is 0. The summed E-state index contributed by atoms with van der Waals surface area (Å²) in [7, 11) is 0. The van der Waals surface area contributed by atoms with E-state index >= 15 is 0 Å². The Morgan fingerprint density at radius 2 is 1.62 bits per heavy atom. The molecule has 0 aliphatic heterocycles. The number of rotatable bonds is 2. The first-order valence-corrected chi connectivity index (χ1v) is 5.77. The summed E-state index contributed by atoms with van der Waals surface area (Å²) < 4.78 is 42.2. The molecule has 0 saturated carbocycles. The number of benzene rings is 2. The molecule has 0 radical (unpaired) electrons. The molecule has 1 heterocycles. The number of nitrogens with zero attached hydrogens (tertiary/aromatic N) is 3. The summed E-state index contributed by atoms with van der Waals surface area (Å²) in [6.07, 6.45) is -4.39. The van der Waals surface area contributed by atoms with Crippen LogP contribution in [0, 0.1) is 4.91 Å². The van der Waals surface area contributed by atoms with Gasteiger partial charge in [0.15, 0.2) is 5.52 Å². The molecule has 8 heteroatoms. The molecule has 0 unspecified atom stereocenters. The van der Waals surface area contributed by atoms with Crippen LogP contribution in [0.3, 0.4) is 0 Å². The second kappa shape index (κ2) is 4.65. The van der Waals surface area contributed by atoms with Gasteiger partial charge in [0.1, 0.15) is 11.2 Å². The average molecular weight is 293 g/mol. The van der Waals surface area contributed by atoms with E-state index in [4.69, 9.17) is 0 Å². The van der Waals surface area contributed by atoms with Crippen molar-refractivity contribution in [2.24, 2.45) is 5.18 Å². The molecule has 0 aliphatic carbocycles. The Morgan fingerprint density at radius 3 is 2.24 bits per heavy atom. The van der Waals surface area contributed by atoms with Crippen molar-refractivity contribution in [2.75, 3.05) is 0 Å². The first-order valence-electron chi connectivity index (χ1n) is 5.77. The Bertz CT molecular complexity index is 810. The van der Waals surface area contributed by atoms with E-state index in [0.29, 0.717) is 11.1 Å². The van der Waals surface area contributed by atoms with Gasteiger partial charge in [-0.05, 0) is 45.3 Å². The van der Waals surface area contributed by atoms with E-state index in [1.807, 2.05) is 0 Å². The fraction of sp³-hybridized carbons (Fsp3) is 0.0769. The van der Waals surface area contributed by atoms with Gasteiger partial charge in [-0.15, -0.1) is 4.91 Å². The average Bonchev–Trinajstić information content (AvgIpc) is 2.95. The lowest BCUT2D eigenvalue weighted by Gasteiger charge is -2.07. The third kappa shape index (κ3) is 2.24. The summed E-state index contributed by atoms with van der Waals surface area (Å²) in [5.74, 6) is 0. The zero-order chi connectivity index (χ0) is 15.0. The van der Waals surface area contributed by atoms with Gasteiger partial charge < -0.3 is 0 Å². The third-order valence-electron chi connectivity index (χ3n) is 3.02. The first kappa shape index (κ1) is 13.2. The van der Waals surface area contributed by atoms with E-state index in [-0.39, 0.29) is 16.7 Å². The summed E-state index contributed by atoms with van der Waals surface area (Å²) in [5, 5.41) is 10.0. The van der Waals surface area contributed by atoms with Crippen LogP contribution < -0.4 is 0 Å². The molecule has 2 aromatic carbocycles. The minimum atomic E-state index is -4.39. The van der Waals surface area contributed by atoms with Gasteiger partial charge >= 0.3 is 6.18 Å². The van der Waals surface area contributed by atoms with Crippen molar-refractivity contribution in [1.29, 1.82) is 0 Å². The fourth-order valence-corrected chi connectivity index (χ4v) is 2.00. The SMILES string of the molecule is O=Nc1ccc(-c2ccc(C(F)(F)F)cc2)c2nonc12. The molecule has 106 valence electrons. The molecular weight excluding hydrogens is 287 g/mol. The predicted octanol–water partition coefficient (Wildman–Crippen LogP) is 4.31. The minimum absolute atomic E-state index is 0.0573. The maximum atomic E-state index is 12.5. The Morgan fingerprint density at radius 1 is 0.952 bits per heavy atom. The zero-order valence-electron chi connectivity index (χ0n) is 10.3. The quantitative estimate of drug-likeness (QED) is 0.660. The Labute approximate surface area is 115 Å². The number of hydrogen-bond acceptors (Lipinski definition) is 5. The van der Waals surface area contributed by atoms with Crippen LogP contribution in [0.15, 0.2) is 46.2 Å². The van der Waals surface area contributed by atoms with E-state index in [2.05, 4.69) is 20.1 Å². The van der Waals surface area contributed by atoms with E-state index in [0.717, 1.165) is 12.1 Å². The molecule has 3 rings (SSSR count). The minimum Gasteiger partial charge on any atom is -0.243 e. The highest BCUT2D eigenvalue weighted by Crippen LogP contribution is 2.34. The standard InChI is InChI=1S/C13H6F3N3O2/c14-13(15,16)8-3-1-7(2-4-8)9-5-6-10(17-20)12-11(9)18-21-19-12/h1-6H. The largest absolute Gasteiger partial charge is 0.416 e. The number of halogens is 3. The van der Waals surface area contributed by atoms with Gasteiger partial charge in [-0.3, -0.25) is 0 Å². The van der Waals surface area contributed by atoms with Gasteiger partial charge in [0, 0.05) is 5.56 Å². The molecule has 0 amide bonds. The lowest BCUT2D eigenvalue weighted by atomic mass is 10.0. The molecule has 21 heavy (non-hydrogen) atoms. The van der Waals surface area contributed by atoms with Crippen LogP contribution in [0.2, 0.25) is 0 Å². The van der Waals surface area contributed by atoms with Crippen LogP contribution in [0.1, 0.15) is 5.56 Å². The Balaban J connectivity index is 2.13. The second-order valence-electron chi connectivity index (χ2n) is 4.26. The summed E-state index contributed by atoms with van der Waals surface area (Å²) in [5.41, 5.74) is 0.761. The number of hydrogen-bond donors (Lipinski definition) is 0. The first-order chi connectivity index (χ1) is 10.0. The highest BCUT2D eigenvalue weighted by Gasteiger charge is 2.30. The fourth-order valence-electron chi connectivity index (χ4n) is 2.00. The van der Waals surface area contributed by atoms with Crippen LogP contribution >= 0.6 is 0 Å². The van der Waals surface area contributed by atoms with Gasteiger partial charge in [-0.2, -0.15) is 13.2 Å². The lowest BCUT2D eigenvalue weighted by Crippen LogP contribution is -2.03. The highest BCUT2D eigenvalue weighted by atomic mass is 19.4. The highest BCUT2D eigenvalue weighted by molar-refractivity contribution is 5.97. The Hall–Kier alpha value is -2.77. The van der Waals surface area contributed by atoms with E-state index in [1.165, 1.54) is 24.3 Å². The van der Waals surface area contributed by atoms with Crippen LogP contribution in [-0.2, 0) is 6.18 Å². The van der Waals surface area contributed by atoms with Crippen molar-refractivity contribution < 1.29 is 17.8 Å². The normalized spacial score (nSPS) is 11.8. The van der Waals surface area contributed by atoms with Crippen LogP contribution in [0.5, 0.6) is 0 Å². The van der Waals surface area contributed by atoms with E-state index in [9.17, 15) is 18.1 Å². The summed E-state index contributed by atoms with van der Waals surface area (Å²) in [6.45, 7) is 0. The van der Waals surface area contributed by atoms with Crippen molar-refractivity contribution in [1.82, 2.24) is 10.3 Å². The molecule has 1 aromatic heterocycles. The molecule has 0 spiro atoms. The van der Waals surface area contributed by atoms with Crippen LogP contribution in [0.4, 0.5) is 18.9 Å². The van der Waals surface area contributed by atoms with Crippen molar-refractivity contribution in [2.45, 2.75) is 6.18 Å². The molecule has 0 saturated heterocycles. The second-order valence-corrected chi connectivity index (χ2v) is 4.26. The van der Waals surface area contributed by atoms with E-state index in [1.54, 1.807) is 0 Å². The van der Waals surface area contributed by atoms with Crippen molar-refractivity contribution in [3.05, 3.63) is 46.9 Å². The van der Waals surface area contributed by atoms with Crippen LogP contribution in [0.25, 0.3) is 22.2 Å². The number of aromatic nitrogens is 2. The van der Waals surface area contributed by atoms with Gasteiger partial charge in [0.05, 0.1) is 5.56 Å². The van der Waals surface area contributed by atoms with Crippen molar-refractivity contribution in [3.63, 3.8) is 0 Å². The monoisotopic (exact) mass is 293 g/mol. The number of alkyl halides is 3. The maximum Gasteiger partial charge on any atom is 0.416 e. The number of fused-ring (bicyclic) bond motifs is 1. The van der Waals surface area contributed by atoms with Crippen molar-refractivity contribution >= 4 is 16.7 Å². The van der Waals surface area contributed by atoms with Gasteiger partial charge in [-0.1, -0.05) is 12.1 Å². The van der Waals surface area contributed by atoms with E-state index < -0.39 is 11.7 Å². The molecule has 0 aliphatic rings. The summed E-state index contributed by atoms with van der Waals surface area (Å²) in [4.78, 5) is 10.6. The smallest absolute Gasteiger partial charge is 0.243 e. The molecular formula is C13H6F3N3O2. The van der Waals surface area contributed by atoms with Crippen LogP contribution in [-0.4, -0.2) is 10.3 Å². The van der Waals surface area contributed by atoms with Crippen molar-refractivity contribution in [3.8, 4) is 11.1 Å².